The molecule has 0 radical (unpaired) electrons. The largest absolute Gasteiger partial charge is 0.491 e. The molecule has 0 amide bonds. The van der Waals surface area contributed by atoms with E-state index in [4.69, 9.17) is 9.84 Å². The van der Waals surface area contributed by atoms with Crippen LogP contribution in [0, 0.1) is 0 Å². The molecule has 0 spiro atoms. The maximum atomic E-state index is 5.34. The van der Waals surface area contributed by atoms with E-state index in [1.54, 1.807) is 17.8 Å². The Morgan fingerprint density at radius 1 is 1.19 bits per heavy atom. The number of hydrogen-bond acceptors (Lipinski definition) is 8. The number of hydrogen-bond donors (Lipinski definition) is 2. The van der Waals surface area contributed by atoms with Gasteiger partial charge in [-0.2, -0.15) is 4.52 Å². The van der Waals surface area contributed by atoms with Gasteiger partial charge in [0.2, 0.25) is 5.65 Å². The van der Waals surface area contributed by atoms with Gasteiger partial charge in [-0.25, -0.2) is 9.97 Å². The molecule has 0 saturated heterocycles. The lowest BCUT2D eigenvalue weighted by Crippen LogP contribution is -2.19. The average Bonchev–Trinajstić information content (AvgIpc) is 3.11. The first kappa shape index (κ1) is 18.8. The lowest BCUT2D eigenvalue weighted by molar-refractivity contribution is 0.413. The Morgan fingerprint density at radius 2 is 1.96 bits per heavy atom. The number of nitrogens with zero attached hydrogens (tertiary/aromatic N) is 6. The zero-order valence-electron chi connectivity index (χ0n) is 16.4. The van der Waals surface area contributed by atoms with Gasteiger partial charge in [0, 0.05) is 18.0 Å². The molecule has 0 saturated carbocycles. The van der Waals surface area contributed by atoms with Gasteiger partial charge in [-0.1, -0.05) is 27.7 Å². The van der Waals surface area contributed by atoms with E-state index in [1.165, 1.54) is 6.33 Å². The first-order valence-corrected chi connectivity index (χ1v) is 9.21. The highest BCUT2D eigenvalue weighted by Crippen LogP contribution is 2.28. The SMILES string of the molecule is CCC(CC)Nc1cc(Nc2ncncc2OC)c2nnc(C(C)C)n2n1. The molecular weight excluding hydrogens is 344 g/mol. The predicted molar refractivity (Wildman–Crippen MR) is 105 cm³/mol. The van der Waals surface area contributed by atoms with Crippen LogP contribution in [-0.4, -0.2) is 42.9 Å². The molecule has 3 heterocycles. The van der Waals surface area contributed by atoms with Crippen LogP contribution >= 0.6 is 0 Å². The summed E-state index contributed by atoms with van der Waals surface area (Å²) >= 11 is 0. The molecule has 27 heavy (non-hydrogen) atoms. The summed E-state index contributed by atoms with van der Waals surface area (Å²) in [7, 11) is 1.58. The van der Waals surface area contributed by atoms with E-state index in [0.717, 1.165) is 30.2 Å². The van der Waals surface area contributed by atoms with Crippen molar-refractivity contribution in [3.8, 4) is 5.75 Å². The van der Waals surface area contributed by atoms with E-state index >= 15 is 0 Å². The Kier molecular flexibility index (Phi) is 5.68. The monoisotopic (exact) mass is 370 g/mol. The normalized spacial score (nSPS) is 11.4. The van der Waals surface area contributed by atoms with Crippen molar-refractivity contribution in [3.05, 3.63) is 24.4 Å². The third-order valence-corrected chi connectivity index (χ3v) is 4.40. The van der Waals surface area contributed by atoms with E-state index in [-0.39, 0.29) is 5.92 Å². The van der Waals surface area contributed by atoms with Gasteiger partial charge in [0.05, 0.1) is 19.0 Å². The number of anilines is 3. The van der Waals surface area contributed by atoms with Gasteiger partial charge < -0.3 is 15.4 Å². The van der Waals surface area contributed by atoms with Crippen LogP contribution in [0.1, 0.15) is 52.3 Å². The molecule has 0 atom stereocenters. The highest BCUT2D eigenvalue weighted by atomic mass is 16.5. The molecular formula is C18H26N8O. The van der Waals surface area contributed by atoms with Crippen LogP contribution in [0.5, 0.6) is 5.75 Å². The van der Waals surface area contributed by atoms with Crippen molar-refractivity contribution in [3.63, 3.8) is 0 Å². The summed E-state index contributed by atoms with van der Waals surface area (Å²) in [4.78, 5) is 8.26. The maximum absolute atomic E-state index is 5.34. The van der Waals surface area contributed by atoms with Gasteiger partial charge >= 0.3 is 0 Å². The van der Waals surface area contributed by atoms with Gasteiger partial charge in [-0.05, 0) is 12.8 Å². The van der Waals surface area contributed by atoms with Crippen LogP contribution in [0.2, 0.25) is 0 Å². The van der Waals surface area contributed by atoms with Crippen molar-refractivity contribution in [1.29, 1.82) is 0 Å². The van der Waals surface area contributed by atoms with Gasteiger partial charge in [0.15, 0.2) is 17.4 Å². The van der Waals surface area contributed by atoms with Crippen LogP contribution in [0.4, 0.5) is 17.3 Å². The molecule has 0 aliphatic carbocycles. The average molecular weight is 370 g/mol. The molecule has 3 rings (SSSR count). The number of ether oxygens (including phenoxy) is 1. The molecule has 3 aromatic rings. The molecule has 0 aromatic carbocycles. The number of nitrogens with one attached hydrogen (secondary N) is 2. The lowest BCUT2D eigenvalue weighted by atomic mass is 10.2. The molecule has 0 aliphatic rings. The number of methoxy groups -OCH3 is 1. The van der Waals surface area contributed by atoms with Crippen LogP contribution in [0.25, 0.3) is 5.65 Å². The third kappa shape index (κ3) is 3.91. The Bertz CT molecular complexity index is 904. The molecule has 0 aliphatic heterocycles. The van der Waals surface area contributed by atoms with E-state index in [1.807, 2.05) is 6.07 Å². The Labute approximate surface area is 158 Å². The fourth-order valence-electron chi connectivity index (χ4n) is 2.81. The topological polar surface area (TPSA) is 102 Å². The molecule has 0 bridgehead atoms. The fourth-order valence-corrected chi connectivity index (χ4v) is 2.81. The summed E-state index contributed by atoms with van der Waals surface area (Å²) in [5.74, 6) is 2.86. The highest BCUT2D eigenvalue weighted by Gasteiger charge is 2.18. The zero-order valence-corrected chi connectivity index (χ0v) is 16.4. The zero-order chi connectivity index (χ0) is 19.4. The number of aromatic nitrogens is 6. The minimum Gasteiger partial charge on any atom is -0.491 e. The van der Waals surface area contributed by atoms with E-state index in [0.29, 0.717) is 23.3 Å². The summed E-state index contributed by atoms with van der Waals surface area (Å²) in [6, 6.07) is 2.27. The van der Waals surface area contributed by atoms with E-state index < -0.39 is 0 Å². The minimum absolute atomic E-state index is 0.192. The van der Waals surface area contributed by atoms with Gasteiger partial charge in [0.25, 0.3) is 0 Å². The maximum Gasteiger partial charge on any atom is 0.201 e. The first-order chi connectivity index (χ1) is 13.1. The van der Waals surface area contributed by atoms with Gasteiger partial charge in [-0.3, -0.25) is 0 Å². The van der Waals surface area contributed by atoms with Crippen molar-refractivity contribution < 1.29 is 4.74 Å². The number of rotatable bonds is 8. The van der Waals surface area contributed by atoms with Crippen molar-refractivity contribution in [1.82, 2.24) is 29.8 Å². The minimum atomic E-state index is 0.192. The lowest BCUT2D eigenvalue weighted by Gasteiger charge is -2.17. The fraction of sp³-hybridized carbons (Fsp3) is 0.500. The summed E-state index contributed by atoms with van der Waals surface area (Å²) < 4.78 is 7.12. The van der Waals surface area contributed by atoms with Gasteiger partial charge in [0.1, 0.15) is 12.1 Å². The number of fused-ring (bicyclic) bond motifs is 1. The second-order valence-corrected chi connectivity index (χ2v) is 6.61. The smallest absolute Gasteiger partial charge is 0.201 e. The highest BCUT2D eigenvalue weighted by molar-refractivity contribution is 5.76. The van der Waals surface area contributed by atoms with E-state index in [2.05, 4.69) is 58.5 Å². The second kappa shape index (κ2) is 8.15. The van der Waals surface area contributed by atoms with Crippen LogP contribution in [-0.2, 0) is 0 Å². The third-order valence-electron chi connectivity index (χ3n) is 4.40. The predicted octanol–water partition coefficient (Wildman–Crippen LogP) is 3.39. The Hall–Kier alpha value is -2.97. The summed E-state index contributed by atoms with van der Waals surface area (Å²) in [5, 5.41) is 20.1. The quantitative estimate of drug-likeness (QED) is 0.622. The Balaban J connectivity index is 2.09. The standard InChI is InChI=1S/C18H26N8O/c1-6-12(7-2)21-15-8-13(22-16-14(27-5)9-19-10-20-16)18-24-23-17(11(3)4)26(18)25-15/h8-12H,6-7H2,1-5H3,(H,21,25)(H,19,20,22). The molecule has 3 aromatic heterocycles. The molecule has 0 fully saturated rings. The molecule has 9 heteroatoms. The molecule has 144 valence electrons. The Morgan fingerprint density at radius 3 is 2.63 bits per heavy atom. The van der Waals surface area contributed by atoms with Crippen molar-refractivity contribution in [2.24, 2.45) is 0 Å². The van der Waals surface area contributed by atoms with Crippen molar-refractivity contribution in [2.45, 2.75) is 52.5 Å². The van der Waals surface area contributed by atoms with Crippen LogP contribution in [0.3, 0.4) is 0 Å². The summed E-state index contributed by atoms with van der Waals surface area (Å²) in [5.41, 5.74) is 1.38. The first-order valence-electron chi connectivity index (χ1n) is 9.21. The van der Waals surface area contributed by atoms with Crippen LogP contribution < -0.4 is 15.4 Å². The van der Waals surface area contributed by atoms with Crippen LogP contribution in [0.15, 0.2) is 18.6 Å². The van der Waals surface area contributed by atoms with E-state index in [9.17, 15) is 0 Å². The molecule has 0 unspecified atom stereocenters. The second-order valence-electron chi connectivity index (χ2n) is 6.61. The van der Waals surface area contributed by atoms with Crippen molar-refractivity contribution in [2.75, 3.05) is 17.7 Å². The summed E-state index contributed by atoms with van der Waals surface area (Å²) in [6.45, 7) is 8.45. The van der Waals surface area contributed by atoms with Crippen molar-refractivity contribution >= 4 is 23.0 Å². The molecule has 2 N–H and O–H groups in total. The van der Waals surface area contributed by atoms with Gasteiger partial charge in [-0.15, -0.1) is 15.3 Å². The molecule has 9 nitrogen and oxygen atoms in total. The summed E-state index contributed by atoms with van der Waals surface area (Å²) in [6.07, 6.45) is 5.10.